The zero-order chi connectivity index (χ0) is 23.3. The number of amides is 1. The van der Waals surface area contributed by atoms with Crippen molar-refractivity contribution in [2.24, 2.45) is 0 Å². The first-order valence-corrected chi connectivity index (χ1v) is 10.3. The van der Waals surface area contributed by atoms with Gasteiger partial charge in [-0.2, -0.15) is 0 Å². The molecule has 2 N–H and O–H groups in total. The number of thiocarbonyl (C=S) groups is 1. The molecule has 1 amide bonds. The van der Waals surface area contributed by atoms with E-state index in [-0.39, 0.29) is 19.1 Å². The van der Waals surface area contributed by atoms with Crippen LogP contribution in [0, 0.1) is 5.82 Å². The molecule has 0 aromatic heterocycles. The second kappa shape index (κ2) is 10.3. The normalized spacial score (nSPS) is 15.9. The van der Waals surface area contributed by atoms with E-state index in [1.165, 1.54) is 31.4 Å². The van der Waals surface area contributed by atoms with Crippen LogP contribution in [0.5, 0.6) is 0 Å². The molecule has 0 bridgehead atoms. The van der Waals surface area contributed by atoms with Crippen LogP contribution in [-0.2, 0) is 14.3 Å². The molecule has 168 valence electrons. The number of esters is 1. The molecule has 0 saturated heterocycles. The molecule has 1 atom stereocenters. The first kappa shape index (κ1) is 23.4. The Morgan fingerprint density at radius 3 is 2.59 bits per heavy atom. The molecule has 2 aromatic rings. The van der Waals surface area contributed by atoms with Crippen LogP contribution < -0.4 is 10.6 Å². The highest BCUT2D eigenvalue weighted by Crippen LogP contribution is 2.32. The van der Waals surface area contributed by atoms with Crippen molar-refractivity contribution >= 4 is 34.9 Å². The molecule has 3 rings (SSSR count). The van der Waals surface area contributed by atoms with Crippen molar-refractivity contribution in [3.05, 3.63) is 76.7 Å². The fourth-order valence-corrected chi connectivity index (χ4v) is 3.50. The first-order valence-electron chi connectivity index (χ1n) is 9.89. The Morgan fingerprint density at radius 1 is 1.19 bits per heavy atom. The lowest BCUT2D eigenvalue weighted by molar-refractivity contribution is -0.140. The van der Waals surface area contributed by atoms with Gasteiger partial charge in [0.2, 0.25) is 0 Å². The Balaban J connectivity index is 1.87. The molecule has 9 heteroatoms. The number of ether oxygens (including phenoxy) is 2. The third kappa shape index (κ3) is 5.30. The Labute approximate surface area is 191 Å². The van der Waals surface area contributed by atoms with Gasteiger partial charge >= 0.3 is 5.97 Å². The van der Waals surface area contributed by atoms with Crippen LogP contribution in [0.4, 0.5) is 10.1 Å². The van der Waals surface area contributed by atoms with E-state index in [2.05, 4.69) is 10.6 Å². The van der Waals surface area contributed by atoms with Crippen molar-refractivity contribution in [2.45, 2.75) is 13.0 Å². The predicted molar refractivity (Wildman–Crippen MR) is 123 cm³/mol. The lowest BCUT2D eigenvalue weighted by Gasteiger charge is -2.35. The van der Waals surface area contributed by atoms with Gasteiger partial charge in [0, 0.05) is 31.1 Å². The third-order valence-corrected chi connectivity index (χ3v) is 5.47. The number of anilines is 1. The Kier molecular flexibility index (Phi) is 7.55. The molecule has 1 heterocycles. The summed E-state index contributed by atoms with van der Waals surface area (Å²) >= 11 is 5.41. The van der Waals surface area contributed by atoms with Gasteiger partial charge in [0.1, 0.15) is 12.4 Å². The Bertz CT molecular complexity index is 1060. The molecule has 1 aliphatic rings. The van der Waals surface area contributed by atoms with E-state index in [0.29, 0.717) is 27.6 Å². The van der Waals surface area contributed by atoms with Gasteiger partial charge in [0.25, 0.3) is 5.91 Å². The Morgan fingerprint density at radius 2 is 1.91 bits per heavy atom. The van der Waals surface area contributed by atoms with E-state index in [9.17, 15) is 14.0 Å². The molecule has 7 nitrogen and oxygen atoms in total. The number of carbonyl (C=O) groups is 2. The van der Waals surface area contributed by atoms with Crippen molar-refractivity contribution < 1.29 is 23.5 Å². The topological polar surface area (TPSA) is 79.9 Å². The molecular formula is C23H24FN3O4S. The van der Waals surface area contributed by atoms with Gasteiger partial charge in [-0.1, -0.05) is 12.1 Å². The van der Waals surface area contributed by atoms with Crippen molar-refractivity contribution in [3.63, 3.8) is 0 Å². The van der Waals surface area contributed by atoms with Gasteiger partial charge in [0.15, 0.2) is 5.11 Å². The van der Waals surface area contributed by atoms with Gasteiger partial charge in [-0.15, -0.1) is 0 Å². The molecule has 32 heavy (non-hydrogen) atoms. The number of rotatable bonds is 7. The second-order valence-electron chi connectivity index (χ2n) is 7.16. The molecule has 1 unspecified atom stereocenters. The monoisotopic (exact) mass is 457 g/mol. The number of methoxy groups -OCH3 is 1. The van der Waals surface area contributed by atoms with Gasteiger partial charge in [-0.25, -0.2) is 9.18 Å². The average molecular weight is 458 g/mol. The lowest BCUT2D eigenvalue weighted by atomic mass is 9.95. The maximum absolute atomic E-state index is 13.1. The summed E-state index contributed by atoms with van der Waals surface area (Å²) in [6, 6.07) is 11.8. The van der Waals surface area contributed by atoms with Crippen molar-refractivity contribution in [1.82, 2.24) is 10.2 Å². The fourth-order valence-electron chi connectivity index (χ4n) is 3.25. The van der Waals surface area contributed by atoms with E-state index >= 15 is 0 Å². The number of nitrogens with one attached hydrogen (secondary N) is 2. The van der Waals surface area contributed by atoms with Crippen LogP contribution in [0.15, 0.2) is 59.8 Å². The van der Waals surface area contributed by atoms with Gasteiger partial charge in [-0.05, 0) is 61.1 Å². The smallest absolute Gasteiger partial charge is 0.338 e. The van der Waals surface area contributed by atoms with E-state index < -0.39 is 17.8 Å². The summed E-state index contributed by atoms with van der Waals surface area (Å²) in [6.07, 6.45) is 0. The summed E-state index contributed by atoms with van der Waals surface area (Å²) in [7, 11) is 3.30. The minimum atomic E-state index is -0.559. The molecule has 1 aliphatic heterocycles. The number of hydrogen-bond acceptors (Lipinski definition) is 5. The summed E-state index contributed by atoms with van der Waals surface area (Å²) in [6.45, 7) is 2.21. The van der Waals surface area contributed by atoms with Gasteiger partial charge in [-0.3, -0.25) is 4.79 Å². The van der Waals surface area contributed by atoms with Crippen LogP contribution in [0.25, 0.3) is 0 Å². The van der Waals surface area contributed by atoms with Crippen LogP contribution in [0.2, 0.25) is 0 Å². The summed E-state index contributed by atoms with van der Waals surface area (Å²) < 4.78 is 23.4. The van der Waals surface area contributed by atoms with E-state index in [1.807, 2.05) is 6.07 Å². The standard InChI is InChI=1S/C23H24FN3O4S/c1-14-19(22(29)31-12-11-30-3)20(26-23(32)27(14)2)16-5-4-6-18(13-16)25-21(28)15-7-9-17(24)10-8-15/h4-10,13,20H,11-12H2,1-3H3,(H,25,28)(H,26,32). The summed E-state index contributed by atoms with van der Waals surface area (Å²) in [4.78, 5) is 27.1. The van der Waals surface area contributed by atoms with Crippen molar-refractivity contribution in [1.29, 1.82) is 0 Å². The molecule has 0 aliphatic carbocycles. The number of allylic oxidation sites excluding steroid dienone is 1. The molecule has 0 saturated carbocycles. The quantitative estimate of drug-likeness (QED) is 0.375. The minimum Gasteiger partial charge on any atom is -0.460 e. The van der Waals surface area contributed by atoms with Crippen LogP contribution in [0.3, 0.4) is 0 Å². The van der Waals surface area contributed by atoms with Crippen LogP contribution >= 0.6 is 12.2 Å². The van der Waals surface area contributed by atoms with Crippen LogP contribution in [0.1, 0.15) is 28.9 Å². The summed E-state index contributed by atoms with van der Waals surface area (Å²) in [5.41, 5.74) is 2.65. The maximum Gasteiger partial charge on any atom is 0.338 e. The van der Waals surface area contributed by atoms with Crippen LogP contribution in [-0.4, -0.2) is 49.3 Å². The number of benzene rings is 2. The van der Waals surface area contributed by atoms with Gasteiger partial charge < -0.3 is 25.0 Å². The highest BCUT2D eigenvalue weighted by molar-refractivity contribution is 7.80. The first-order chi connectivity index (χ1) is 15.3. The SMILES string of the molecule is COCCOC(=O)C1=C(C)N(C)C(=S)NC1c1cccc(NC(=O)c2ccc(F)cc2)c1. The average Bonchev–Trinajstić information content (AvgIpc) is 2.78. The van der Waals surface area contributed by atoms with Crippen molar-refractivity contribution in [3.8, 4) is 0 Å². The molecular weight excluding hydrogens is 433 g/mol. The van der Waals surface area contributed by atoms with E-state index in [1.54, 1.807) is 37.1 Å². The highest BCUT2D eigenvalue weighted by atomic mass is 32.1. The van der Waals surface area contributed by atoms with Gasteiger partial charge in [0.05, 0.1) is 18.2 Å². The molecule has 0 spiro atoms. The fraction of sp³-hybridized carbons (Fsp3) is 0.261. The summed E-state index contributed by atoms with van der Waals surface area (Å²) in [5, 5.41) is 6.42. The highest BCUT2D eigenvalue weighted by Gasteiger charge is 2.33. The van der Waals surface area contributed by atoms with Crippen molar-refractivity contribution in [2.75, 3.05) is 32.7 Å². The second-order valence-corrected chi connectivity index (χ2v) is 7.54. The Hall–Kier alpha value is -3.30. The minimum absolute atomic E-state index is 0.126. The maximum atomic E-state index is 13.1. The summed E-state index contributed by atoms with van der Waals surface area (Å²) in [5.74, 6) is -1.27. The predicted octanol–water partition coefficient (Wildman–Crippen LogP) is 3.40. The third-order valence-electron chi connectivity index (χ3n) is 5.08. The number of hydrogen-bond donors (Lipinski definition) is 2. The van der Waals surface area contributed by atoms with E-state index in [0.717, 1.165) is 5.56 Å². The number of halogens is 1. The molecule has 2 aromatic carbocycles. The zero-order valence-corrected chi connectivity index (χ0v) is 18.8. The number of nitrogens with zero attached hydrogens (tertiary/aromatic N) is 1. The molecule has 0 radical (unpaired) electrons. The largest absolute Gasteiger partial charge is 0.460 e. The number of carbonyl (C=O) groups excluding carboxylic acids is 2. The zero-order valence-electron chi connectivity index (χ0n) is 18.0. The van der Waals surface area contributed by atoms with E-state index in [4.69, 9.17) is 21.7 Å². The molecule has 0 fully saturated rings. The lowest BCUT2D eigenvalue weighted by Crippen LogP contribution is -2.46.